The quantitative estimate of drug-likeness (QED) is 0.0980. The minimum Gasteiger partial charge on any atom is -0.377 e. The summed E-state index contributed by atoms with van der Waals surface area (Å²) in [5, 5.41) is 19.2. The van der Waals surface area contributed by atoms with Gasteiger partial charge in [0.1, 0.15) is 20.8 Å². The van der Waals surface area contributed by atoms with Gasteiger partial charge in [0.05, 0.1) is 22.7 Å². The van der Waals surface area contributed by atoms with E-state index < -0.39 is 20.2 Å². The molecule has 12 nitrogen and oxygen atoms in total. The van der Waals surface area contributed by atoms with Crippen molar-refractivity contribution in [3.63, 3.8) is 0 Å². The second kappa shape index (κ2) is 14.4. The van der Waals surface area contributed by atoms with Crippen molar-refractivity contribution in [3.8, 4) is 11.5 Å². The van der Waals surface area contributed by atoms with Gasteiger partial charge in [-0.05, 0) is 121 Å². The molecule has 2 aromatic heterocycles. The van der Waals surface area contributed by atoms with E-state index in [1.54, 1.807) is 60.7 Å². The lowest BCUT2D eigenvalue weighted by Crippen LogP contribution is -2.10. The van der Waals surface area contributed by atoms with Gasteiger partial charge >= 0.3 is 20.2 Å². The van der Waals surface area contributed by atoms with Crippen molar-refractivity contribution in [2.24, 2.45) is 20.5 Å². The minimum atomic E-state index is -4.15. The zero-order chi connectivity index (χ0) is 36.3. The highest BCUT2D eigenvalue weighted by molar-refractivity contribution is 7.87. The maximum Gasteiger partial charge on any atom is 0.339 e. The van der Waals surface area contributed by atoms with Gasteiger partial charge in [-0.2, -0.15) is 27.1 Å². The highest BCUT2D eigenvalue weighted by atomic mass is 35.5. The Morgan fingerprint density at radius 1 is 0.462 bits per heavy atom. The molecule has 5 aromatic carbocycles. The third kappa shape index (κ3) is 7.60. The van der Waals surface area contributed by atoms with Gasteiger partial charge in [-0.3, -0.25) is 9.97 Å². The van der Waals surface area contributed by atoms with Crippen LogP contribution in [-0.2, 0) is 20.2 Å². The van der Waals surface area contributed by atoms with Crippen molar-refractivity contribution < 1.29 is 25.2 Å². The normalized spacial score (nSPS) is 12.2. The van der Waals surface area contributed by atoms with E-state index in [-0.39, 0.29) is 32.3 Å². The molecule has 0 saturated heterocycles. The molecule has 0 saturated carbocycles. The number of azo groups is 2. The lowest BCUT2D eigenvalue weighted by atomic mass is 10.2. The average Bonchev–Trinajstić information content (AvgIpc) is 3.15. The zero-order valence-electron chi connectivity index (χ0n) is 26.4. The van der Waals surface area contributed by atoms with Crippen molar-refractivity contribution in [2.75, 3.05) is 0 Å². The largest absolute Gasteiger partial charge is 0.377 e. The average molecular weight is 770 g/mol. The molecule has 0 radical (unpaired) electrons. The Morgan fingerprint density at radius 2 is 0.846 bits per heavy atom. The van der Waals surface area contributed by atoms with Gasteiger partial charge in [0.25, 0.3) is 0 Å². The summed E-state index contributed by atoms with van der Waals surface area (Å²) in [4.78, 5) is 8.54. The number of halogens is 2. The first-order chi connectivity index (χ1) is 25.1. The highest BCUT2D eigenvalue weighted by Gasteiger charge is 2.21. The second-order valence-corrected chi connectivity index (χ2v) is 14.8. The first-order valence-corrected chi connectivity index (χ1v) is 18.7. The summed E-state index contributed by atoms with van der Waals surface area (Å²) in [5.74, 6) is 0.0702. The van der Waals surface area contributed by atoms with Crippen LogP contribution in [-0.4, -0.2) is 26.8 Å². The molecule has 52 heavy (non-hydrogen) atoms. The van der Waals surface area contributed by atoms with Crippen LogP contribution in [0, 0.1) is 0 Å². The Morgan fingerprint density at radius 3 is 1.23 bits per heavy atom. The number of benzene rings is 5. The van der Waals surface area contributed by atoms with Crippen molar-refractivity contribution in [1.82, 2.24) is 9.97 Å². The van der Waals surface area contributed by atoms with Crippen LogP contribution in [0.1, 0.15) is 0 Å². The molecular formula is C36H22Cl2N6O6S2. The molecule has 0 fully saturated rings. The number of pyridine rings is 2. The van der Waals surface area contributed by atoms with Crippen molar-refractivity contribution >= 4 is 88.0 Å². The second-order valence-electron chi connectivity index (χ2n) is 10.9. The van der Waals surface area contributed by atoms with Gasteiger partial charge in [-0.25, -0.2) is 0 Å². The van der Waals surface area contributed by atoms with E-state index in [0.29, 0.717) is 43.6 Å². The third-order valence-electron chi connectivity index (χ3n) is 7.42. The van der Waals surface area contributed by atoms with Crippen molar-refractivity contribution in [2.45, 2.75) is 9.79 Å². The van der Waals surface area contributed by atoms with Gasteiger partial charge in [-0.15, -0.1) is 10.2 Å². The Kier molecular flexibility index (Phi) is 9.62. The van der Waals surface area contributed by atoms with Crippen LogP contribution in [0.15, 0.2) is 164 Å². The monoisotopic (exact) mass is 768 g/mol. The number of hydrogen-bond donors (Lipinski definition) is 0. The molecule has 16 heteroatoms. The van der Waals surface area contributed by atoms with Crippen LogP contribution in [0.2, 0.25) is 10.0 Å². The smallest absolute Gasteiger partial charge is 0.339 e. The molecular weight excluding hydrogens is 747 g/mol. The molecule has 7 aromatic rings. The first kappa shape index (κ1) is 34.6. The number of aromatic nitrogens is 2. The highest BCUT2D eigenvalue weighted by Crippen LogP contribution is 2.36. The van der Waals surface area contributed by atoms with E-state index in [0.717, 1.165) is 0 Å². The summed E-state index contributed by atoms with van der Waals surface area (Å²) in [6.07, 6.45) is 3.04. The summed E-state index contributed by atoms with van der Waals surface area (Å²) < 4.78 is 62.5. The first-order valence-electron chi connectivity index (χ1n) is 15.1. The Labute approximate surface area is 307 Å². The minimum absolute atomic E-state index is 0.0351. The van der Waals surface area contributed by atoms with Crippen molar-refractivity contribution in [3.05, 3.63) is 144 Å². The van der Waals surface area contributed by atoms with E-state index in [2.05, 4.69) is 30.4 Å². The molecule has 7 rings (SSSR count). The Hall–Kier alpha value is -5.80. The predicted octanol–water partition coefficient (Wildman–Crippen LogP) is 10.5. The maximum absolute atomic E-state index is 12.9. The number of rotatable bonds is 10. The molecule has 0 aliphatic carbocycles. The van der Waals surface area contributed by atoms with Crippen LogP contribution in [0.25, 0.3) is 21.8 Å². The van der Waals surface area contributed by atoms with Gasteiger partial charge in [0.2, 0.25) is 0 Å². The summed E-state index contributed by atoms with van der Waals surface area (Å²) in [6, 6.07) is 31.1. The van der Waals surface area contributed by atoms with E-state index in [1.165, 1.54) is 73.1 Å². The van der Waals surface area contributed by atoms with E-state index in [4.69, 9.17) is 31.6 Å². The SMILES string of the molecule is O=S(=O)(Oc1ccc(N=Nc2ccc(N=Nc3ccc(OS(=O)(=O)c4ccc(Cl)cc4)c4ncccc34)cc2)c2cccnc12)c1ccc(Cl)cc1. The molecule has 0 N–H and O–H groups in total. The summed E-state index contributed by atoms with van der Waals surface area (Å²) in [5.41, 5.74) is 2.49. The van der Waals surface area contributed by atoms with Gasteiger partial charge in [-0.1, -0.05) is 23.2 Å². The number of nitrogens with zero attached hydrogens (tertiary/aromatic N) is 6. The van der Waals surface area contributed by atoms with E-state index in [1.807, 2.05) is 0 Å². The standard InChI is InChI=1S/C36H22Cl2N6O6S2/c37-23-5-13-27(14-6-23)51(45,46)49-33-19-17-31(29-3-1-21-39-35(29)33)43-41-25-9-11-26(12-10-25)42-44-32-18-20-34(36-30(32)4-2-22-40-36)50-52(47,48)28-15-7-24(38)8-16-28/h1-22H. The molecule has 0 aliphatic rings. The molecule has 258 valence electrons. The molecule has 0 bridgehead atoms. The Bertz CT molecular complexity index is 2540. The topological polar surface area (TPSA) is 162 Å². The van der Waals surface area contributed by atoms with Crippen molar-refractivity contribution in [1.29, 1.82) is 0 Å². The summed E-state index contributed by atoms with van der Waals surface area (Å²) >= 11 is 11.8. The van der Waals surface area contributed by atoms with Crippen LogP contribution in [0.5, 0.6) is 11.5 Å². The summed E-state index contributed by atoms with van der Waals surface area (Å²) in [7, 11) is -8.30. The summed E-state index contributed by atoms with van der Waals surface area (Å²) in [6.45, 7) is 0. The Balaban J connectivity index is 1.08. The fourth-order valence-corrected chi connectivity index (χ4v) is 7.04. The van der Waals surface area contributed by atoms with Gasteiger partial charge in [0, 0.05) is 33.2 Å². The molecule has 0 spiro atoms. The fourth-order valence-electron chi connectivity index (χ4n) is 4.92. The molecule has 0 atom stereocenters. The number of fused-ring (bicyclic) bond motifs is 2. The van der Waals surface area contributed by atoms with Gasteiger partial charge in [0.15, 0.2) is 11.5 Å². The van der Waals surface area contributed by atoms with E-state index in [9.17, 15) is 16.8 Å². The third-order valence-corrected chi connectivity index (χ3v) is 10.4. The van der Waals surface area contributed by atoms with Gasteiger partial charge < -0.3 is 8.37 Å². The molecule has 0 aliphatic heterocycles. The molecule has 2 heterocycles. The molecule has 0 unspecified atom stereocenters. The number of hydrogen-bond acceptors (Lipinski definition) is 12. The van der Waals surface area contributed by atoms with Crippen LogP contribution < -0.4 is 8.37 Å². The van der Waals surface area contributed by atoms with Crippen LogP contribution >= 0.6 is 23.2 Å². The van der Waals surface area contributed by atoms with Crippen LogP contribution in [0.4, 0.5) is 22.7 Å². The zero-order valence-corrected chi connectivity index (χ0v) is 29.6. The lowest BCUT2D eigenvalue weighted by Gasteiger charge is -2.10. The van der Waals surface area contributed by atoms with E-state index >= 15 is 0 Å². The van der Waals surface area contributed by atoms with Crippen LogP contribution in [0.3, 0.4) is 0 Å². The predicted molar refractivity (Wildman–Crippen MR) is 197 cm³/mol. The maximum atomic E-state index is 12.9. The molecule has 0 amide bonds. The lowest BCUT2D eigenvalue weighted by molar-refractivity contribution is 0.486. The fraction of sp³-hybridized carbons (Fsp3) is 0.